The van der Waals surface area contributed by atoms with Gasteiger partial charge in [0, 0.05) is 17.3 Å². The summed E-state index contributed by atoms with van der Waals surface area (Å²) < 4.78 is 0. The number of rotatable bonds is 3. The molecular weight excluding hydrogens is 326 g/mol. The maximum Gasteiger partial charge on any atom is 0.223 e. The lowest BCUT2D eigenvalue weighted by Crippen LogP contribution is -2.54. The highest BCUT2D eigenvalue weighted by atomic mass is 79.9. The third-order valence-electron chi connectivity index (χ3n) is 6.96. The highest BCUT2D eigenvalue weighted by Gasteiger charge is 2.51. The molecule has 2 unspecified atom stereocenters. The van der Waals surface area contributed by atoms with Crippen LogP contribution in [0.3, 0.4) is 0 Å². The van der Waals surface area contributed by atoms with E-state index in [9.17, 15) is 4.79 Å². The van der Waals surface area contributed by atoms with Gasteiger partial charge in [0.1, 0.15) is 0 Å². The average molecular weight is 354 g/mol. The zero-order chi connectivity index (χ0) is 14.4. The second-order valence-electron chi connectivity index (χ2n) is 8.27. The molecule has 0 saturated heterocycles. The van der Waals surface area contributed by atoms with Crippen LogP contribution in [0.1, 0.15) is 57.8 Å². The third-order valence-corrected chi connectivity index (χ3v) is 7.80. The minimum absolute atomic E-state index is 0.357. The first kappa shape index (κ1) is 14.5. The first-order valence-corrected chi connectivity index (χ1v) is 10.2. The van der Waals surface area contributed by atoms with Crippen molar-refractivity contribution in [2.75, 3.05) is 5.33 Å². The van der Waals surface area contributed by atoms with Gasteiger partial charge in [0.05, 0.1) is 0 Å². The van der Waals surface area contributed by atoms with E-state index in [-0.39, 0.29) is 0 Å². The van der Waals surface area contributed by atoms with Gasteiger partial charge < -0.3 is 5.32 Å². The Labute approximate surface area is 136 Å². The van der Waals surface area contributed by atoms with Gasteiger partial charge in [-0.25, -0.2) is 0 Å². The summed E-state index contributed by atoms with van der Waals surface area (Å²) >= 11 is 3.65. The third kappa shape index (κ3) is 2.68. The Morgan fingerprint density at radius 3 is 2.19 bits per heavy atom. The highest BCUT2D eigenvalue weighted by molar-refractivity contribution is 9.09. The largest absolute Gasteiger partial charge is 0.353 e. The maximum atomic E-state index is 12.9. The number of hydrogen-bond donors (Lipinski definition) is 1. The fourth-order valence-electron chi connectivity index (χ4n) is 6.21. The minimum Gasteiger partial charge on any atom is -0.353 e. The summed E-state index contributed by atoms with van der Waals surface area (Å²) in [5.74, 6) is 4.78. The van der Waals surface area contributed by atoms with Crippen molar-refractivity contribution in [1.82, 2.24) is 5.32 Å². The Balaban J connectivity index is 1.43. The molecule has 5 saturated carbocycles. The van der Waals surface area contributed by atoms with Crippen molar-refractivity contribution in [2.45, 2.75) is 63.8 Å². The molecule has 5 fully saturated rings. The van der Waals surface area contributed by atoms with Crippen LogP contribution in [0.4, 0.5) is 0 Å². The van der Waals surface area contributed by atoms with Gasteiger partial charge in [-0.1, -0.05) is 28.8 Å². The number of halogens is 1. The Morgan fingerprint density at radius 1 is 0.952 bits per heavy atom. The minimum atomic E-state index is 0.357. The summed E-state index contributed by atoms with van der Waals surface area (Å²) in [5.41, 5.74) is 0. The predicted octanol–water partition coefficient (Wildman–Crippen LogP) is 4.13. The van der Waals surface area contributed by atoms with Gasteiger partial charge in [-0.3, -0.25) is 4.79 Å². The van der Waals surface area contributed by atoms with Crippen molar-refractivity contribution in [2.24, 2.45) is 35.5 Å². The van der Waals surface area contributed by atoms with E-state index >= 15 is 0 Å². The van der Waals surface area contributed by atoms with E-state index < -0.39 is 0 Å². The Morgan fingerprint density at radius 2 is 1.57 bits per heavy atom. The molecule has 1 amide bonds. The molecule has 5 rings (SSSR count). The second-order valence-corrected chi connectivity index (χ2v) is 8.92. The number of alkyl halides is 1. The summed E-state index contributed by atoms with van der Waals surface area (Å²) in [7, 11) is 0. The number of hydrogen-bond acceptors (Lipinski definition) is 1. The van der Waals surface area contributed by atoms with E-state index in [4.69, 9.17) is 0 Å². The van der Waals surface area contributed by atoms with Crippen LogP contribution in [-0.2, 0) is 4.79 Å². The van der Waals surface area contributed by atoms with E-state index in [1.165, 1.54) is 57.8 Å². The standard InChI is InChI=1S/C18H28BrNO/c19-10-13-3-1-2-4-16(13)20-18(21)17-14-6-11-5-12(8-14)9-15(17)7-11/h11-17H,1-10H2,(H,20,21). The monoisotopic (exact) mass is 353 g/mol. The zero-order valence-corrected chi connectivity index (χ0v) is 14.5. The molecule has 0 aromatic heterocycles. The second kappa shape index (κ2) is 5.86. The fourth-order valence-corrected chi connectivity index (χ4v) is 6.99. The molecule has 0 radical (unpaired) electrons. The molecule has 0 heterocycles. The SMILES string of the molecule is O=C(NC1CCCCC1CBr)C1C2CC3CC(C2)CC1C3. The van der Waals surface area contributed by atoms with Crippen molar-refractivity contribution in [1.29, 1.82) is 0 Å². The van der Waals surface area contributed by atoms with Crippen LogP contribution in [0.5, 0.6) is 0 Å². The quantitative estimate of drug-likeness (QED) is 0.759. The van der Waals surface area contributed by atoms with Gasteiger partial charge in [0.2, 0.25) is 5.91 Å². The number of nitrogens with one attached hydrogen (secondary N) is 1. The highest BCUT2D eigenvalue weighted by Crippen LogP contribution is 2.56. The lowest BCUT2D eigenvalue weighted by Gasteiger charge is -2.54. The molecule has 21 heavy (non-hydrogen) atoms. The van der Waals surface area contributed by atoms with Gasteiger partial charge in [-0.15, -0.1) is 0 Å². The van der Waals surface area contributed by atoms with E-state index in [1.54, 1.807) is 0 Å². The summed E-state index contributed by atoms with van der Waals surface area (Å²) in [4.78, 5) is 12.9. The Kier molecular flexibility index (Phi) is 4.06. The van der Waals surface area contributed by atoms with Crippen molar-refractivity contribution < 1.29 is 4.79 Å². The van der Waals surface area contributed by atoms with Crippen LogP contribution >= 0.6 is 15.9 Å². The fraction of sp³-hybridized carbons (Fsp3) is 0.944. The van der Waals surface area contributed by atoms with Gasteiger partial charge in [-0.2, -0.15) is 0 Å². The molecule has 0 aliphatic heterocycles. The molecular formula is C18H28BrNO. The number of amides is 1. The molecule has 5 aliphatic carbocycles. The molecule has 118 valence electrons. The van der Waals surface area contributed by atoms with Crippen molar-refractivity contribution in [3.8, 4) is 0 Å². The van der Waals surface area contributed by atoms with Crippen LogP contribution in [-0.4, -0.2) is 17.3 Å². The molecule has 5 aliphatic rings. The number of carbonyl (C=O) groups excluding carboxylic acids is 1. The first-order valence-electron chi connectivity index (χ1n) is 9.11. The van der Waals surface area contributed by atoms with E-state index in [0.717, 1.165) is 17.2 Å². The maximum absolute atomic E-state index is 12.9. The lowest BCUT2D eigenvalue weighted by atomic mass is 9.51. The smallest absolute Gasteiger partial charge is 0.223 e. The molecule has 0 aromatic carbocycles. The molecule has 3 heteroatoms. The first-order chi connectivity index (χ1) is 10.2. The molecule has 0 spiro atoms. The molecule has 2 atom stereocenters. The van der Waals surface area contributed by atoms with Crippen molar-refractivity contribution in [3.63, 3.8) is 0 Å². The molecule has 2 nitrogen and oxygen atoms in total. The van der Waals surface area contributed by atoms with Crippen molar-refractivity contribution in [3.05, 3.63) is 0 Å². The zero-order valence-electron chi connectivity index (χ0n) is 12.9. The summed E-state index contributed by atoms with van der Waals surface area (Å²) in [6.45, 7) is 0. The Bertz CT molecular complexity index is 382. The summed E-state index contributed by atoms with van der Waals surface area (Å²) in [6.07, 6.45) is 11.9. The van der Waals surface area contributed by atoms with E-state index in [2.05, 4.69) is 21.2 Å². The average Bonchev–Trinajstić information content (AvgIpc) is 2.46. The lowest BCUT2D eigenvalue weighted by molar-refractivity contribution is -0.139. The molecule has 1 N–H and O–H groups in total. The Hall–Kier alpha value is -0.0500. The van der Waals surface area contributed by atoms with Crippen LogP contribution in [0, 0.1) is 35.5 Å². The molecule has 0 aromatic rings. The number of carbonyl (C=O) groups is 1. The van der Waals surface area contributed by atoms with Gasteiger partial charge >= 0.3 is 0 Å². The van der Waals surface area contributed by atoms with Crippen molar-refractivity contribution >= 4 is 21.8 Å². The van der Waals surface area contributed by atoms with E-state index in [0.29, 0.717) is 35.6 Å². The summed E-state index contributed by atoms with van der Waals surface area (Å²) in [6, 6.07) is 0.433. The van der Waals surface area contributed by atoms with Crippen LogP contribution < -0.4 is 5.32 Å². The van der Waals surface area contributed by atoms with Gasteiger partial charge in [0.25, 0.3) is 0 Å². The van der Waals surface area contributed by atoms with Gasteiger partial charge in [0.15, 0.2) is 0 Å². The predicted molar refractivity (Wildman–Crippen MR) is 88.2 cm³/mol. The van der Waals surface area contributed by atoms with Gasteiger partial charge in [-0.05, 0) is 74.5 Å². The van der Waals surface area contributed by atoms with E-state index in [1.807, 2.05) is 0 Å². The topological polar surface area (TPSA) is 29.1 Å². The summed E-state index contributed by atoms with van der Waals surface area (Å²) in [5, 5.41) is 4.52. The van der Waals surface area contributed by atoms with Crippen LogP contribution in [0.2, 0.25) is 0 Å². The van der Waals surface area contributed by atoms with Crippen LogP contribution in [0.25, 0.3) is 0 Å². The molecule has 4 bridgehead atoms. The normalized spacial score (nSPS) is 48.3. The van der Waals surface area contributed by atoms with Crippen LogP contribution in [0.15, 0.2) is 0 Å².